The van der Waals surface area contributed by atoms with Crippen molar-refractivity contribution in [3.05, 3.63) is 47.6 Å². The van der Waals surface area contributed by atoms with Crippen LogP contribution < -0.4 is 0 Å². The Balaban J connectivity index is 2.03. The maximum Gasteiger partial charge on any atom is 0.336 e. The third-order valence-corrected chi connectivity index (χ3v) is 8.62. The maximum absolute atomic E-state index is 14.0. The molecule has 0 aromatic heterocycles. The summed E-state index contributed by atoms with van der Waals surface area (Å²) >= 11 is 0. The molecule has 0 aromatic carbocycles. The predicted molar refractivity (Wildman–Crippen MR) is 137 cm³/mol. The van der Waals surface area contributed by atoms with Crippen LogP contribution in [0.3, 0.4) is 0 Å². The highest BCUT2D eigenvalue weighted by Gasteiger charge is 2.65. The van der Waals surface area contributed by atoms with E-state index < -0.39 is 52.5 Å². The number of rotatable bonds is 9. The molecule has 204 valence electrons. The van der Waals surface area contributed by atoms with E-state index in [1.54, 1.807) is 26.0 Å². The van der Waals surface area contributed by atoms with Gasteiger partial charge in [0.05, 0.1) is 17.6 Å². The van der Waals surface area contributed by atoms with Gasteiger partial charge >= 0.3 is 11.9 Å². The van der Waals surface area contributed by atoms with Gasteiger partial charge < -0.3 is 14.2 Å². The van der Waals surface area contributed by atoms with Crippen LogP contribution in [0.1, 0.15) is 40.0 Å². The van der Waals surface area contributed by atoms with Crippen LogP contribution in [0, 0.1) is 16.7 Å². The summed E-state index contributed by atoms with van der Waals surface area (Å²) < 4.78 is 17.1. The van der Waals surface area contributed by atoms with Crippen molar-refractivity contribution in [1.82, 2.24) is 4.90 Å². The van der Waals surface area contributed by atoms with E-state index in [1.807, 2.05) is 4.90 Å². The van der Waals surface area contributed by atoms with Crippen LogP contribution in [-0.4, -0.2) is 79.7 Å². The van der Waals surface area contributed by atoms with Gasteiger partial charge in [-0.25, -0.2) is 4.79 Å². The smallest absolute Gasteiger partial charge is 0.336 e. The number of fused-ring (bicyclic) bond motifs is 4. The summed E-state index contributed by atoms with van der Waals surface area (Å²) in [5.74, 6) is -3.34. The Bertz CT molecular complexity index is 1180. The fourth-order valence-electron chi connectivity index (χ4n) is 6.94. The molecule has 9 heteroatoms. The number of carbonyl (C=O) groups is 5. The molecule has 0 bridgehead atoms. The fourth-order valence-corrected chi connectivity index (χ4v) is 6.94. The molecule has 3 aliphatic carbocycles. The Morgan fingerprint density at radius 2 is 1.79 bits per heavy atom. The lowest BCUT2D eigenvalue weighted by Gasteiger charge is -2.53. The van der Waals surface area contributed by atoms with Crippen LogP contribution in [0.15, 0.2) is 47.6 Å². The van der Waals surface area contributed by atoms with Crippen LogP contribution in [0.25, 0.3) is 0 Å². The number of allylic oxidation sites excluding steroid dienone is 1. The highest BCUT2D eigenvalue weighted by molar-refractivity contribution is 6.51. The second kappa shape index (κ2) is 10.2. The van der Waals surface area contributed by atoms with Crippen molar-refractivity contribution in [2.24, 2.45) is 16.7 Å². The summed E-state index contributed by atoms with van der Waals surface area (Å²) in [5.41, 5.74) is -1.47. The van der Waals surface area contributed by atoms with Gasteiger partial charge in [0.2, 0.25) is 11.6 Å². The zero-order valence-corrected chi connectivity index (χ0v) is 22.5. The van der Waals surface area contributed by atoms with Crippen molar-refractivity contribution in [1.29, 1.82) is 0 Å². The third kappa shape index (κ3) is 4.12. The second-order valence-corrected chi connectivity index (χ2v) is 10.9. The SMILES string of the molecule is C=CCN(CC=C)CC1=C2C(=O)C(=O)C3=C(C(OC(C)=O)C[C@]4(C)C(=O)CCC34)[C@@]2(C)C(COC)OC1=O. The average molecular weight is 526 g/mol. The molecular formula is C29H35NO8. The molecule has 0 amide bonds. The van der Waals surface area contributed by atoms with Gasteiger partial charge in [0.25, 0.3) is 0 Å². The van der Waals surface area contributed by atoms with Crippen molar-refractivity contribution in [2.45, 2.75) is 52.2 Å². The van der Waals surface area contributed by atoms with Gasteiger partial charge in [0.1, 0.15) is 18.0 Å². The number of Topliss-reactive ketones (excluding diaryl/α,β-unsaturated/α-hetero) is 3. The van der Waals surface area contributed by atoms with Gasteiger partial charge in [0, 0.05) is 69.0 Å². The van der Waals surface area contributed by atoms with Gasteiger partial charge in [-0.05, 0) is 18.9 Å². The molecule has 4 aliphatic rings. The summed E-state index contributed by atoms with van der Waals surface area (Å²) in [6, 6.07) is 0. The van der Waals surface area contributed by atoms with Crippen molar-refractivity contribution >= 4 is 29.3 Å². The number of ether oxygens (including phenoxy) is 3. The number of hydrogen-bond donors (Lipinski definition) is 0. The van der Waals surface area contributed by atoms with E-state index in [-0.39, 0.29) is 48.5 Å². The largest absolute Gasteiger partial charge is 0.458 e. The Kier molecular flexibility index (Phi) is 7.47. The van der Waals surface area contributed by atoms with Crippen molar-refractivity contribution in [3.8, 4) is 0 Å². The zero-order valence-electron chi connectivity index (χ0n) is 22.5. The molecule has 0 spiro atoms. The molecular weight excluding hydrogens is 490 g/mol. The molecule has 0 N–H and O–H groups in total. The number of esters is 2. The first-order valence-corrected chi connectivity index (χ1v) is 12.9. The Morgan fingerprint density at radius 1 is 1.13 bits per heavy atom. The summed E-state index contributed by atoms with van der Waals surface area (Å²) in [7, 11) is 1.45. The summed E-state index contributed by atoms with van der Waals surface area (Å²) in [6.07, 6.45) is 2.31. The van der Waals surface area contributed by atoms with E-state index in [1.165, 1.54) is 14.0 Å². The molecule has 5 atom stereocenters. The number of methoxy groups -OCH3 is 1. The summed E-state index contributed by atoms with van der Waals surface area (Å²) in [5, 5.41) is 0. The standard InChI is InChI=1S/C29H35NO8/c1-7-11-30(12-8-2)14-17-23-26(34)25(33)22-18-9-10-20(32)28(18,4)13-19(37-16(3)31)24(22)29(23,5)21(15-36-6)38-27(17)35/h7-8,18-19,21H,1-2,9-15H2,3-6H3/t18?,19?,21?,28-,29-/m0/s1. The lowest BCUT2D eigenvalue weighted by molar-refractivity contribution is -0.162. The van der Waals surface area contributed by atoms with E-state index in [0.29, 0.717) is 25.1 Å². The monoisotopic (exact) mass is 525 g/mol. The molecule has 1 aliphatic heterocycles. The zero-order chi connectivity index (χ0) is 28.0. The van der Waals surface area contributed by atoms with Crippen LogP contribution in [0.5, 0.6) is 0 Å². The van der Waals surface area contributed by atoms with Crippen molar-refractivity contribution in [3.63, 3.8) is 0 Å². The first-order chi connectivity index (χ1) is 17.9. The van der Waals surface area contributed by atoms with Gasteiger partial charge in [-0.2, -0.15) is 0 Å². The van der Waals surface area contributed by atoms with E-state index >= 15 is 0 Å². The van der Waals surface area contributed by atoms with Crippen molar-refractivity contribution in [2.75, 3.05) is 33.4 Å². The van der Waals surface area contributed by atoms with E-state index in [0.717, 1.165) is 0 Å². The van der Waals surface area contributed by atoms with Gasteiger partial charge in [-0.15, -0.1) is 13.2 Å². The van der Waals surface area contributed by atoms with E-state index in [4.69, 9.17) is 14.2 Å². The third-order valence-electron chi connectivity index (χ3n) is 8.62. The van der Waals surface area contributed by atoms with Crippen LogP contribution >= 0.6 is 0 Å². The highest BCUT2D eigenvalue weighted by Crippen LogP contribution is 2.61. The first kappa shape index (κ1) is 27.9. The van der Waals surface area contributed by atoms with Gasteiger partial charge in [-0.1, -0.05) is 19.1 Å². The Labute approximate surface area is 222 Å². The minimum Gasteiger partial charge on any atom is -0.458 e. The number of carbonyl (C=O) groups excluding carboxylic acids is 5. The Hall–Kier alpha value is -3.17. The molecule has 1 saturated carbocycles. The normalized spacial score (nSPS) is 32.6. The second-order valence-electron chi connectivity index (χ2n) is 10.9. The molecule has 0 saturated heterocycles. The van der Waals surface area contributed by atoms with Crippen LogP contribution in [-0.2, 0) is 38.2 Å². The predicted octanol–water partition coefficient (Wildman–Crippen LogP) is 2.30. The molecule has 9 nitrogen and oxygen atoms in total. The summed E-state index contributed by atoms with van der Waals surface area (Å²) in [6.45, 7) is 13.1. The van der Waals surface area contributed by atoms with Crippen LogP contribution in [0.4, 0.5) is 0 Å². The Morgan fingerprint density at radius 3 is 2.37 bits per heavy atom. The van der Waals surface area contributed by atoms with Gasteiger partial charge in [0.15, 0.2) is 0 Å². The number of nitrogens with zero attached hydrogens (tertiary/aromatic N) is 1. The first-order valence-electron chi connectivity index (χ1n) is 12.9. The lowest BCUT2D eigenvalue weighted by Crippen LogP contribution is -2.59. The molecule has 0 radical (unpaired) electrons. The lowest BCUT2D eigenvalue weighted by atomic mass is 9.52. The quantitative estimate of drug-likeness (QED) is 0.254. The minimum atomic E-state index is -1.30. The molecule has 4 rings (SSSR count). The topological polar surface area (TPSA) is 116 Å². The molecule has 1 fully saturated rings. The molecule has 1 heterocycles. The van der Waals surface area contributed by atoms with E-state index in [2.05, 4.69) is 13.2 Å². The molecule has 0 aromatic rings. The summed E-state index contributed by atoms with van der Waals surface area (Å²) in [4.78, 5) is 68.4. The highest BCUT2D eigenvalue weighted by atomic mass is 16.6. The molecule has 3 unspecified atom stereocenters. The number of hydrogen-bond acceptors (Lipinski definition) is 9. The fraction of sp³-hybridized carbons (Fsp3) is 0.552. The minimum absolute atomic E-state index is 0.0216. The van der Waals surface area contributed by atoms with Crippen molar-refractivity contribution < 1.29 is 38.2 Å². The van der Waals surface area contributed by atoms with Gasteiger partial charge in [-0.3, -0.25) is 24.1 Å². The average Bonchev–Trinajstić information content (AvgIpc) is 3.13. The number of ketones is 3. The van der Waals surface area contributed by atoms with E-state index in [9.17, 15) is 24.0 Å². The van der Waals surface area contributed by atoms with Crippen LogP contribution in [0.2, 0.25) is 0 Å². The molecule has 38 heavy (non-hydrogen) atoms. The number of cyclic esters (lactones) is 1. The maximum atomic E-state index is 14.0.